The second kappa shape index (κ2) is 5.19. The van der Waals surface area contributed by atoms with Gasteiger partial charge in [-0.25, -0.2) is 13.1 Å². The van der Waals surface area contributed by atoms with Gasteiger partial charge in [0.15, 0.2) is 5.25 Å². The van der Waals surface area contributed by atoms with E-state index in [1.165, 1.54) is 12.4 Å². The van der Waals surface area contributed by atoms with Crippen molar-refractivity contribution < 1.29 is 18.3 Å². The van der Waals surface area contributed by atoms with Crippen LogP contribution in [0.4, 0.5) is 0 Å². The fourth-order valence-electron chi connectivity index (χ4n) is 0.943. The van der Waals surface area contributed by atoms with Crippen molar-refractivity contribution in [2.24, 2.45) is 0 Å². The van der Waals surface area contributed by atoms with Crippen LogP contribution in [0.15, 0.2) is 12.4 Å². The van der Waals surface area contributed by atoms with Gasteiger partial charge in [0.1, 0.15) is 0 Å². The molecule has 8 heteroatoms. The maximum absolute atomic E-state index is 11.5. The summed E-state index contributed by atoms with van der Waals surface area (Å²) in [4.78, 5) is 18.4. The number of hydrogen-bond donors (Lipinski definition) is 2. The Balaban J connectivity index is 2.68. The molecular formula is C9H13N3O4S. The van der Waals surface area contributed by atoms with Gasteiger partial charge in [0.2, 0.25) is 10.0 Å². The molecule has 7 nitrogen and oxygen atoms in total. The van der Waals surface area contributed by atoms with Gasteiger partial charge in [-0.2, -0.15) is 0 Å². The SMILES string of the molecule is Cc1cnc(CNS(=O)(=O)C(C)C(=O)O)cn1. The molecule has 1 unspecified atom stereocenters. The highest BCUT2D eigenvalue weighted by molar-refractivity contribution is 7.90. The first kappa shape index (κ1) is 13.5. The third-order valence-electron chi connectivity index (χ3n) is 2.10. The number of rotatable bonds is 5. The Morgan fingerprint density at radius 1 is 1.47 bits per heavy atom. The van der Waals surface area contributed by atoms with E-state index in [9.17, 15) is 13.2 Å². The minimum absolute atomic E-state index is 0.0762. The van der Waals surface area contributed by atoms with Crippen molar-refractivity contribution >= 4 is 16.0 Å². The van der Waals surface area contributed by atoms with E-state index >= 15 is 0 Å². The predicted molar refractivity (Wildman–Crippen MR) is 59.6 cm³/mol. The van der Waals surface area contributed by atoms with Crippen molar-refractivity contribution in [1.82, 2.24) is 14.7 Å². The number of carboxylic acid groups (broad SMARTS) is 1. The summed E-state index contributed by atoms with van der Waals surface area (Å²) >= 11 is 0. The van der Waals surface area contributed by atoms with Gasteiger partial charge < -0.3 is 5.11 Å². The summed E-state index contributed by atoms with van der Waals surface area (Å²) in [5.74, 6) is -1.40. The predicted octanol–water partition coefficient (Wildman–Crippen LogP) is -0.322. The Hall–Kier alpha value is -1.54. The van der Waals surface area contributed by atoms with Crippen LogP contribution < -0.4 is 4.72 Å². The monoisotopic (exact) mass is 259 g/mol. The van der Waals surface area contributed by atoms with E-state index < -0.39 is 21.2 Å². The molecule has 1 aromatic heterocycles. The molecule has 0 spiro atoms. The van der Waals surface area contributed by atoms with E-state index in [0.717, 1.165) is 12.6 Å². The zero-order valence-electron chi connectivity index (χ0n) is 9.41. The molecule has 0 fully saturated rings. The zero-order chi connectivity index (χ0) is 13.1. The summed E-state index contributed by atoms with van der Waals surface area (Å²) in [6.45, 7) is 2.78. The molecule has 1 rings (SSSR count). The maximum Gasteiger partial charge on any atom is 0.323 e. The van der Waals surface area contributed by atoms with E-state index in [1.54, 1.807) is 6.92 Å². The third-order valence-corrected chi connectivity index (χ3v) is 3.78. The molecule has 1 heterocycles. The number of sulfonamides is 1. The number of hydrogen-bond acceptors (Lipinski definition) is 5. The lowest BCUT2D eigenvalue weighted by molar-refractivity contribution is -0.136. The standard InChI is InChI=1S/C9H13N3O4S/c1-6-3-11-8(4-10-6)5-12-17(15,16)7(2)9(13)14/h3-4,7,12H,5H2,1-2H3,(H,13,14). The van der Waals surface area contributed by atoms with Crippen molar-refractivity contribution in [3.8, 4) is 0 Å². The highest BCUT2D eigenvalue weighted by Crippen LogP contribution is 2.00. The number of aryl methyl sites for hydroxylation is 1. The quantitative estimate of drug-likeness (QED) is 0.749. The Morgan fingerprint density at radius 2 is 2.12 bits per heavy atom. The number of carboxylic acids is 1. The smallest absolute Gasteiger partial charge is 0.323 e. The molecular weight excluding hydrogens is 246 g/mol. The third kappa shape index (κ3) is 3.75. The average Bonchev–Trinajstić information content (AvgIpc) is 2.27. The van der Waals surface area contributed by atoms with Crippen molar-refractivity contribution in [1.29, 1.82) is 0 Å². The topological polar surface area (TPSA) is 109 Å². The molecule has 0 radical (unpaired) electrons. The average molecular weight is 259 g/mol. The lowest BCUT2D eigenvalue weighted by Gasteiger charge is -2.09. The lowest BCUT2D eigenvalue weighted by Crippen LogP contribution is -2.37. The van der Waals surface area contributed by atoms with Gasteiger partial charge in [0.25, 0.3) is 0 Å². The normalized spacial score (nSPS) is 13.3. The number of nitrogens with one attached hydrogen (secondary N) is 1. The molecule has 2 N–H and O–H groups in total. The summed E-state index contributed by atoms with van der Waals surface area (Å²) in [6, 6.07) is 0. The molecule has 0 aliphatic carbocycles. The molecule has 0 aromatic carbocycles. The van der Waals surface area contributed by atoms with Gasteiger partial charge in [-0.3, -0.25) is 14.8 Å². The molecule has 0 saturated carbocycles. The first-order valence-corrected chi connectivity index (χ1v) is 6.36. The molecule has 0 bridgehead atoms. The summed E-state index contributed by atoms with van der Waals surface area (Å²) < 4.78 is 25.1. The van der Waals surface area contributed by atoms with Crippen LogP contribution in [0.5, 0.6) is 0 Å². The van der Waals surface area contributed by atoms with Crippen molar-refractivity contribution in [3.05, 3.63) is 23.8 Å². The van der Waals surface area contributed by atoms with Gasteiger partial charge in [0.05, 0.1) is 24.1 Å². The van der Waals surface area contributed by atoms with Crippen molar-refractivity contribution in [2.45, 2.75) is 25.6 Å². The van der Waals surface area contributed by atoms with Crippen LogP contribution in [0.3, 0.4) is 0 Å². The summed E-state index contributed by atoms with van der Waals surface area (Å²) in [6.07, 6.45) is 2.94. The Kier molecular flexibility index (Phi) is 4.13. The second-order valence-corrected chi connectivity index (χ2v) is 5.58. The molecule has 0 amide bonds. The lowest BCUT2D eigenvalue weighted by atomic mass is 10.4. The summed E-state index contributed by atoms with van der Waals surface area (Å²) in [7, 11) is -3.89. The zero-order valence-corrected chi connectivity index (χ0v) is 10.2. The minimum atomic E-state index is -3.89. The number of nitrogens with zero attached hydrogens (tertiary/aromatic N) is 2. The van der Waals surface area contributed by atoms with Crippen LogP contribution in [0.25, 0.3) is 0 Å². The van der Waals surface area contributed by atoms with Crippen LogP contribution in [0.1, 0.15) is 18.3 Å². The highest BCUT2D eigenvalue weighted by atomic mass is 32.2. The summed E-state index contributed by atoms with van der Waals surface area (Å²) in [5, 5.41) is 7.10. The van der Waals surface area contributed by atoms with Crippen molar-refractivity contribution in [2.75, 3.05) is 0 Å². The number of aliphatic carboxylic acids is 1. The Labute approximate surface area is 99.0 Å². The van der Waals surface area contributed by atoms with Gasteiger partial charge in [-0.1, -0.05) is 0 Å². The molecule has 94 valence electrons. The van der Waals surface area contributed by atoms with Crippen LogP contribution in [0.2, 0.25) is 0 Å². The fraction of sp³-hybridized carbons (Fsp3) is 0.444. The van der Waals surface area contributed by atoms with E-state index in [-0.39, 0.29) is 6.54 Å². The van der Waals surface area contributed by atoms with Crippen LogP contribution >= 0.6 is 0 Å². The summed E-state index contributed by atoms with van der Waals surface area (Å²) in [5.41, 5.74) is 1.15. The number of carbonyl (C=O) groups is 1. The minimum Gasteiger partial charge on any atom is -0.480 e. The highest BCUT2D eigenvalue weighted by Gasteiger charge is 2.27. The van der Waals surface area contributed by atoms with Gasteiger partial charge >= 0.3 is 5.97 Å². The maximum atomic E-state index is 11.5. The largest absolute Gasteiger partial charge is 0.480 e. The van der Waals surface area contributed by atoms with Crippen molar-refractivity contribution in [3.63, 3.8) is 0 Å². The van der Waals surface area contributed by atoms with Crippen LogP contribution in [0, 0.1) is 6.92 Å². The van der Waals surface area contributed by atoms with E-state index in [4.69, 9.17) is 5.11 Å². The van der Waals surface area contributed by atoms with E-state index in [0.29, 0.717) is 5.69 Å². The molecule has 1 aromatic rings. The first-order valence-electron chi connectivity index (χ1n) is 4.81. The Bertz CT molecular complexity index is 497. The first-order chi connectivity index (χ1) is 7.83. The van der Waals surface area contributed by atoms with Gasteiger partial charge in [-0.05, 0) is 13.8 Å². The molecule has 17 heavy (non-hydrogen) atoms. The van der Waals surface area contributed by atoms with Crippen LogP contribution in [-0.4, -0.2) is 34.7 Å². The second-order valence-electron chi connectivity index (χ2n) is 3.50. The van der Waals surface area contributed by atoms with Gasteiger partial charge in [-0.15, -0.1) is 0 Å². The molecule has 0 aliphatic heterocycles. The van der Waals surface area contributed by atoms with Crippen LogP contribution in [-0.2, 0) is 21.4 Å². The number of aromatic nitrogens is 2. The molecule has 0 saturated heterocycles. The molecule has 1 atom stereocenters. The van der Waals surface area contributed by atoms with E-state index in [2.05, 4.69) is 14.7 Å². The molecule has 0 aliphatic rings. The Morgan fingerprint density at radius 3 is 2.59 bits per heavy atom. The van der Waals surface area contributed by atoms with E-state index in [1.807, 2.05) is 0 Å². The van der Waals surface area contributed by atoms with Gasteiger partial charge in [0, 0.05) is 6.20 Å². The fourth-order valence-corrected chi connectivity index (χ4v) is 1.81.